The number of anilines is 1. The van der Waals surface area contributed by atoms with Crippen molar-refractivity contribution in [3.63, 3.8) is 0 Å². The summed E-state index contributed by atoms with van der Waals surface area (Å²) in [7, 11) is 0. The Balaban J connectivity index is 1.40. The molecule has 2 aromatic rings. The predicted octanol–water partition coefficient (Wildman–Crippen LogP) is 3.04. The Bertz CT molecular complexity index is 833. The second kappa shape index (κ2) is 10.6. The van der Waals surface area contributed by atoms with Crippen LogP contribution in [0.2, 0.25) is 0 Å². The summed E-state index contributed by atoms with van der Waals surface area (Å²) in [5.74, 6) is 2.22. The first-order valence-corrected chi connectivity index (χ1v) is 11.5. The van der Waals surface area contributed by atoms with Crippen molar-refractivity contribution in [1.82, 2.24) is 20.2 Å². The van der Waals surface area contributed by atoms with Crippen LogP contribution in [0.5, 0.6) is 0 Å². The van der Waals surface area contributed by atoms with Gasteiger partial charge in [-0.15, -0.1) is 0 Å². The van der Waals surface area contributed by atoms with Gasteiger partial charge >= 0.3 is 0 Å². The van der Waals surface area contributed by atoms with Crippen molar-refractivity contribution in [2.24, 2.45) is 10.9 Å². The van der Waals surface area contributed by atoms with Crippen LogP contribution in [0.25, 0.3) is 0 Å². The molecule has 0 amide bonds. The van der Waals surface area contributed by atoms with Gasteiger partial charge in [0.2, 0.25) is 5.95 Å². The van der Waals surface area contributed by atoms with Crippen molar-refractivity contribution < 1.29 is 4.74 Å². The number of guanidine groups is 1. The van der Waals surface area contributed by atoms with Gasteiger partial charge in [-0.05, 0) is 38.3 Å². The molecule has 2 atom stereocenters. The van der Waals surface area contributed by atoms with Gasteiger partial charge in [-0.3, -0.25) is 4.99 Å². The maximum atomic E-state index is 6.19. The maximum absolute atomic E-state index is 6.19. The van der Waals surface area contributed by atoms with E-state index in [1.807, 2.05) is 6.07 Å². The van der Waals surface area contributed by atoms with Gasteiger partial charge in [0.05, 0.1) is 6.10 Å². The number of ether oxygens (including phenoxy) is 1. The Labute approximate surface area is 185 Å². The van der Waals surface area contributed by atoms with Crippen LogP contribution in [0.4, 0.5) is 5.95 Å². The summed E-state index contributed by atoms with van der Waals surface area (Å²) in [6.45, 7) is 10.3. The summed E-state index contributed by atoms with van der Waals surface area (Å²) in [5.41, 5.74) is 2.55. The molecule has 7 nitrogen and oxygen atoms in total. The lowest BCUT2D eigenvalue weighted by molar-refractivity contribution is -0.0250. The quantitative estimate of drug-likeness (QED) is 0.590. The SMILES string of the molecule is CCNC(=NCC1CCCOC1c1ccc(C)cc1)N1CCN(c2ncccn2)CC1. The van der Waals surface area contributed by atoms with E-state index in [2.05, 4.69) is 63.2 Å². The Morgan fingerprint density at radius 3 is 2.58 bits per heavy atom. The lowest BCUT2D eigenvalue weighted by Gasteiger charge is -2.37. The van der Waals surface area contributed by atoms with E-state index < -0.39 is 0 Å². The molecule has 2 aliphatic heterocycles. The van der Waals surface area contributed by atoms with E-state index in [1.54, 1.807) is 12.4 Å². The van der Waals surface area contributed by atoms with Crippen LogP contribution in [-0.2, 0) is 4.74 Å². The van der Waals surface area contributed by atoms with Crippen LogP contribution >= 0.6 is 0 Å². The fraction of sp³-hybridized carbons (Fsp3) is 0.542. The third-order valence-corrected chi connectivity index (χ3v) is 6.08. The highest BCUT2D eigenvalue weighted by molar-refractivity contribution is 5.80. The van der Waals surface area contributed by atoms with Crippen LogP contribution in [0.3, 0.4) is 0 Å². The van der Waals surface area contributed by atoms with Gasteiger partial charge in [-0.2, -0.15) is 0 Å². The summed E-state index contributed by atoms with van der Waals surface area (Å²) in [5, 5.41) is 3.49. The van der Waals surface area contributed by atoms with Crippen molar-refractivity contribution in [2.75, 3.05) is 50.8 Å². The van der Waals surface area contributed by atoms with E-state index in [9.17, 15) is 0 Å². The highest BCUT2D eigenvalue weighted by atomic mass is 16.5. The number of hydrogen-bond donors (Lipinski definition) is 1. The molecule has 2 saturated heterocycles. The number of benzene rings is 1. The largest absolute Gasteiger partial charge is 0.373 e. The number of nitrogens with zero attached hydrogens (tertiary/aromatic N) is 5. The first-order chi connectivity index (χ1) is 15.2. The number of aromatic nitrogens is 2. The van der Waals surface area contributed by atoms with Crippen molar-refractivity contribution >= 4 is 11.9 Å². The van der Waals surface area contributed by atoms with Crippen LogP contribution in [0, 0.1) is 12.8 Å². The van der Waals surface area contributed by atoms with Crippen molar-refractivity contribution in [1.29, 1.82) is 0 Å². The minimum Gasteiger partial charge on any atom is -0.373 e. The standard InChI is InChI=1S/C24H34N6O/c1-3-25-23(29-13-15-30(16-14-29)24-26-11-5-12-27-24)28-18-21-6-4-17-31-22(21)20-9-7-19(2)8-10-20/h5,7-12,21-22H,3-4,6,13-18H2,1-2H3,(H,25,28). The van der Waals surface area contributed by atoms with E-state index in [1.165, 1.54) is 11.1 Å². The molecule has 1 aromatic carbocycles. The van der Waals surface area contributed by atoms with Gasteiger partial charge in [0.25, 0.3) is 0 Å². The molecule has 166 valence electrons. The third-order valence-electron chi connectivity index (χ3n) is 6.08. The molecule has 7 heteroatoms. The summed E-state index contributed by atoms with van der Waals surface area (Å²) in [4.78, 5) is 18.4. The van der Waals surface area contributed by atoms with Crippen LogP contribution in [0.15, 0.2) is 47.7 Å². The molecule has 3 heterocycles. The summed E-state index contributed by atoms with van der Waals surface area (Å²) in [6, 6.07) is 10.6. The highest BCUT2D eigenvalue weighted by Gasteiger charge is 2.28. The van der Waals surface area contributed by atoms with Crippen LogP contribution in [0.1, 0.15) is 37.0 Å². The lowest BCUT2D eigenvalue weighted by Crippen LogP contribution is -2.53. The van der Waals surface area contributed by atoms with E-state index in [-0.39, 0.29) is 6.10 Å². The summed E-state index contributed by atoms with van der Waals surface area (Å²) < 4.78 is 6.19. The van der Waals surface area contributed by atoms with E-state index in [0.29, 0.717) is 5.92 Å². The Hall–Kier alpha value is -2.67. The average molecular weight is 423 g/mol. The summed E-state index contributed by atoms with van der Waals surface area (Å²) >= 11 is 0. The second-order valence-corrected chi connectivity index (χ2v) is 8.32. The molecule has 2 unspecified atom stereocenters. The van der Waals surface area contributed by atoms with E-state index in [0.717, 1.165) is 70.6 Å². The molecule has 0 spiro atoms. The first kappa shape index (κ1) is 21.6. The fourth-order valence-corrected chi connectivity index (χ4v) is 4.36. The van der Waals surface area contributed by atoms with Crippen molar-refractivity contribution in [3.8, 4) is 0 Å². The molecule has 1 aromatic heterocycles. The molecular weight excluding hydrogens is 388 g/mol. The van der Waals surface area contributed by atoms with Gasteiger partial charge in [0.1, 0.15) is 0 Å². The molecule has 4 rings (SSSR count). The Morgan fingerprint density at radius 1 is 1.13 bits per heavy atom. The lowest BCUT2D eigenvalue weighted by atomic mass is 9.89. The maximum Gasteiger partial charge on any atom is 0.225 e. The number of nitrogens with one attached hydrogen (secondary N) is 1. The number of hydrogen-bond acceptors (Lipinski definition) is 5. The molecule has 31 heavy (non-hydrogen) atoms. The van der Waals surface area contributed by atoms with Gasteiger partial charge in [-0.25, -0.2) is 9.97 Å². The van der Waals surface area contributed by atoms with Gasteiger partial charge < -0.3 is 19.9 Å². The van der Waals surface area contributed by atoms with E-state index in [4.69, 9.17) is 9.73 Å². The molecule has 0 aliphatic carbocycles. The Morgan fingerprint density at radius 2 is 1.87 bits per heavy atom. The molecule has 1 N–H and O–H groups in total. The molecule has 0 saturated carbocycles. The molecule has 2 fully saturated rings. The summed E-state index contributed by atoms with van der Waals surface area (Å²) in [6.07, 6.45) is 6.00. The smallest absolute Gasteiger partial charge is 0.225 e. The predicted molar refractivity (Wildman–Crippen MR) is 124 cm³/mol. The first-order valence-electron chi connectivity index (χ1n) is 11.5. The van der Waals surface area contributed by atoms with Crippen LogP contribution in [-0.4, -0.2) is 66.7 Å². The number of piperazine rings is 1. The van der Waals surface area contributed by atoms with E-state index >= 15 is 0 Å². The molecule has 0 bridgehead atoms. The normalized spacial score (nSPS) is 22.5. The molecule has 2 aliphatic rings. The second-order valence-electron chi connectivity index (χ2n) is 8.32. The number of aliphatic imine (C=N–C) groups is 1. The third kappa shape index (κ3) is 5.53. The topological polar surface area (TPSA) is 65.9 Å². The van der Waals surface area contributed by atoms with Gasteiger partial charge in [0.15, 0.2) is 5.96 Å². The number of rotatable bonds is 5. The Kier molecular flexibility index (Phi) is 7.35. The molecule has 0 radical (unpaired) electrons. The monoisotopic (exact) mass is 422 g/mol. The number of aryl methyl sites for hydroxylation is 1. The average Bonchev–Trinajstić information content (AvgIpc) is 2.83. The highest BCUT2D eigenvalue weighted by Crippen LogP contribution is 2.34. The van der Waals surface area contributed by atoms with Gasteiger partial charge in [0, 0.05) is 64.2 Å². The zero-order valence-electron chi connectivity index (χ0n) is 18.7. The van der Waals surface area contributed by atoms with Gasteiger partial charge in [-0.1, -0.05) is 29.8 Å². The minimum absolute atomic E-state index is 0.132. The minimum atomic E-state index is 0.132. The van der Waals surface area contributed by atoms with Crippen molar-refractivity contribution in [2.45, 2.75) is 32.8 Å². The zero-order chi connectivity index (χ0) is 21.5. The fourth-order valence-electron chi connectivity index (χ4n) is 4.36. The van der Waals surface area contributed by atoms with Crippen LogP contribution < -0.4 is 10.2 Å². The zero-order valence-corrected chi connectivity index (χ0v) is 18.7. The molecular formula is C24H34N6O. The van der Waals surface area contributed by atoms with Crippen molar-refractivity contribution in [3.05, 3.63) is 53.9 Å².